The number of ether oxygens (including phenoxy) is 1. The van der Waals surface area contributed by atoms with Crippen molar-refractivity contribution >= 4 is 6.71 Å². The molecule has 2 nitrogen and oxygen atoms in total. The van der Waals surface area contributed by atoms with Crippen molar-refractivity contribution in [1.29, 1.82) is 0 Å². The lowest BCUT2D eigenvalue weighted by Crippen LogP contribution is -2.45. The van der Waals surface area contributed by atoms with Gasteiger partial charge in [0.2, 0.25) is 0 Å². The van der Waals surface area contributed by atoms with Gasteiger partial charge in [-0.2, -0.15) is 0 Å². The molecule has 1 heterocycles. The molecule has 3 heteroatoms. The third-order valence-electron chi connectivity index (χ3n) is 10.1. The normalized spacial score (nSPS) is 23.2. The van der Waals surface area contributed by atoms with Gasteiger partial charge in [0, 0.05) is 24.9 Å². The number of rotatable bonds is 16. The fraction of sp³-hybridized carbons (Fsp3) is 0.897. The monoisotopic (exact) mass is 588 g/mol. The Bertz CT molecular complexity index is 696. The van der Waals surface area contributed by atoms with Crippen molar-refractivity contribution in [3.63, 3.8) is 0 Å². The molecule has 2 aliphatic rings. The summed E-state index contributed by atoms with van der Waals surface area (Å²) in [6, 6.07) is 0. The van der Waals surface area contributed by atoms with E-state index in [1.807, 2.05) is 13.8 Å². The second kappa shape index (κ2) is 24.6. The summed E-state index contributed by atoms with van der Waals surface area (Å²) in [7, 11) is 0. The lowest BCUT2D eigenvalue weighted by Gasteiger charge is -2.37. The molecule has 4 unspecified atom stereocenters. The maximum atomic E-state index is 5.50. The van der Waals surface area contributed by atoms with Gasteiger partial charge in [0.25, 0.3) is 0 Å². The van der Waals surface area contributed by atoms with Crippen molar-refractivity contribution in [1.82, 2.24) is 5.32 Å². The number of nitrogens with one attached hydrogen (secondary N) is 1. The molecule has 4 atom stereocenters. The highest BCUT2D eigenvalue weighted by molar-refractivity contribution is 6.60. The summed E-state index contributed by atoms with van der Waals surface area (Å²) in [6.07, 6.45) is 24.4. The van der Waals surface area contributed by atoms with Crippen molar-refractivity contribution in [2.24, 2.45) is 29.1 Å². The second-order valence-electron chi connectivity index (χ2n) is 14.4. The van der Waals surface area contributed by atoms with Crippen LogP contribution in [0.4, 0.5) is 0 Å². The highest BCUT2D eigenvalue weighted by Gasteiger charge is 2.46. The van der Waals surface area contributed by atoms with Gasteiger partial charge in [-0.15, -0.1) is 0 Å². The first kappa shape index (κ1) is 41.3. The van der Waals surface area contributed by atoms with Crippen LogP contribution < -0.4 is 5.32 Å². The first-order chi connectivity index (χ1) is 20.1. The van der Waals surface area contributed by atoms with Crippen molar-refractivity contribution in [3.05, 3.63) is 23.4 Å². The third-order valence-corrected chi connectivity index (χ3v) is 10.1. The van der Waals surface area contributed by atoms with Gasteiger partial charge >= 0.3 is 0 Å². The van der Waals surface area contributed by atoms with E-state index in [1.54, 1.807) is 0 Å². The van der Waals surface area contributed by atoms with Crippen LogP contribution >= 0.6 is 0 Å². The van der Waals surface area contributed by atoms with Crippen LogP contribution in [0.1, 0.15) is 167 Å². The molecule has 1 N–H and O–H groups in total. The summed E-state index contributed by atoms with van der Waals surface area (Å²) < 4.78 is 5.50. The topological polar surface area (TPSA) is 21.3 Å². The molecule has 42 heavy (non-hydrogen) atoms. The Morgan fingerprint density at radius 1 is 0.952 bits per heavy atom. The van der Waals surface area contributed by atoms with Crippen LogP contribution in [-0.4, -0.2) is 25.9 Å². The van der Waals surface area contributed by atoms with Gasteiger partial charge in [-0.05, 0) is 100 Å². The minimum absolute atomic E-state index is 0.561. The molecule has 248 valence electrons. The second-order valence-corrected chi connectivity index (χ2v) is 14.4. The van der Waals surface area contributed by atoms with Gasteiger partial charge in [-0.3, -0.25) is 0 Å². The molecule has 1 saturated carbocycles. The molecule has 0 aromatic carbocycles. The van der Waals surface area contributed by atoms with Crippen LogP contribution in [0, 0.1) is 29.1 Å². The molecular formula is C39H78BNO. The molecule has 0 aromatic rings. The maximum Gasteiger partial charge on any atom is 0.167 e. The van der Waals surface area contributed by atoms with Gasteiger partial charge in [0.1, 0.15) is 0 Å². The van der Waals surface area contributed by atoms with E-state index in [2.05, 4.69) is 86.7 Å². The van der Waals surface area contributed by atoms with Gasteiger partial charge in [0.05, 0.1) is 0 Å². The molecule has 2 bridgehead atoms. The predicted molar refractivity (Wildman–Crippen MR) is 194 cm³/mol. The Balaban J connectivity index is 0.000000892. The zero-order chi connectivity index (χ0) is 32.0. The Morgan fingerprint density at radius 2 is 1.62 bits per heavy atom. The van der Waals surface area contributed by atoms with Crippen molar-refractivity contribution < 1.29 is 4.74 Å². The SMILES string of the molecule is CC.CC/C=C(\C)CCCCOCCCC.CC/C=C(\CC)NC(CC(C)C)B1CCCC2CCC(C(C)C1)C2(C)C. The standard InChI is InChI=1S/C24H46BN.C13H26O.C2H6/c1-8-11-21(9-2)26-23(16-18(3)4)25-15-10-12-20-13-14-22(19(5)17-25)24(20,6)7;1-4-6-11-14-12-8-7-10-13(3)9-5-2;1-2/h11,18-20,22-23,26H,8-10,12-17H2,1-7H3;9H,4-8,10-12H2,1-3H3;1-2H3/b21-11+;13-9+;. The minimum Gasteiger partial charge on any atom is -0.393 e. The van der Waals surface area contributed by atoms with Crippen molar-refractivity contribution in [2.75, 3.05) is 13.2 Å². The van der Waals surface area contributed by atoms with Crippen LogP contribution in [0.5, 0.6) is 0 Å². The minimum atomic E-state index is 0.561. The number of unbranched alkanes of at least 4 members (excludes halogenated alkanes) is 2. The lowest BCUT2D eigenvalue weighted by atomic mass is 9.36. The van der Waals surface area contributed by atoms with E-state index in [-0.39, 0.29) is 0 Å². The van der Waals surface area contributed by atoms with Gasteiger partial charge in [-0.1, -0.05) is 126 Å². The molecule has 0 spiro atoms. The number of hydrogen-bond donors (Lipinski definition) is 1. The Hall–Kier alpha value is -0.695. The molecule has 1 saturated heterocycles. The fourth-order valence-electron chi connectivity index (χ4n) is 7.79. The summed E-state index contributed by atoms with van der Waals surface area (Å²) in [4.78, 5) is 0. The fourth-order valence-corrected chi connectivity index (χ4v) is 7.79. The van der Waals surface area contributed by atoms with Crippen LogP contribution in [0.15, 0.2) is 23.4 Å². The molecule has 1 aliphatic carbocycles. The summed E-state index contributed by atoms with van der Waals surface area (Å²) in [5.74, 6) is 4.20. The van der Waals surface area contributed by atoms with Gasteiger partial charge in [0.15, 0.2) is 6.71 Å². The molecule has 0 amide bonds. The molecule has 2 fully saturated rings. The molecule has 0 aromatic heterocycles. The predicted octanol–water partition coefficient (Wildman–Crippen LogP) is 12.6. The highest BCUT2D eigenvalue weighted by atomic mass is 16.5. The van der Waals surface area contributed by atoms with Crippen LogP contribution in [0.25, 0.3) is 0 Å². The van der Waals surface area contributed by atoms with E-state index in [0.717, 1.165) is 56.4 Å². The quantitative estimate of drug-likeness (QED) is 0.110. The smallest absolute Gasteiger partial charge is 0.167 e. The van der Waals surface area contributed by atoms with Crippen molar-refractivity contribution in [2.45, 2.75) is 185 Å². The van der Waals surface area contributed by atoms with Crippen LogP contribution in [0.3, 0.4) is 0 Å². The molecule has 2 rings (SSSR count). The molecule has 0 radical (unpaired) electrons. The lowest BCUT2D eigenvalue weighted by molar-refractivity contribution is 0.127. The number of hydrogen-bond acceptors (Lipinski definition) is 2. The average Bonchev–Trinajstić information content (AvgIpc) is 3.27. The summed E-state index contributed by atoms with van der Waals surface area (Å²) in [5, 5.41) is 4.02. The van der Waals surface area contributed by atoms with E-state index < -0.39 is 0 Å². The Labute approximate surface area is 267 Å². The zero-order valence-electron chi connectivity index (χ0n) is 31.0. The Kier molecular flexibility index (Phi) is 24.2. The molecule has 1 aliphatic heterocycles. The average molecular weight is 588 g/mol. The maximum absolute atomic E-state index is 5.50. The number of allylic oxidation sites excluding steroid dienone is 4. The third kappa shape index (κ3) is 16.4. The Morgan fingerprint density at radius 3 is 2.21 bits per heavy atom. The number of fused-ring (bicyclic) bond motifs is 2. The van der Waals surface area contributed by atoms with E-state index >= 15 is 0 Å². The summed E-state index contributed by atoms with van der Waals surface area (Å²) in [6.45, 7) is 30.4. The highest BCUT2D eigenvalue weighted by Crippen LogP contribution is 2.54. The first-order valence-corrected chi connectivity index (χ1v) is 18.8. The van der Waals surface area contributed by atoms with Crippen LogP contribution in [0.2, 0.25) is 12.6 Å². The van der Waals surface area contributed by atoms with Crippen LogP contribution in [-0.2, 0) is 4.74 Å². The van der Waals surface area contributed by atoms with E-state index in [1.165, 1.54) is 94.5 Å². The van der Waals surface area contributed by atoms with Gasteiger partial charge in [-0.25, -0.2) is 0 Å². The van der Waals surface area contributed by atoms with E-state index in [0.29, 0.717) is 11.4 Å². The first-order valence-electron chi connectivity index (χ1n) is 18.8. The van der Waals surface area contributed by atoms with E-state index in [4.69, 9.17) is 4.74 Å². The molecular weight excluding hydrogens is 509 g/mol. The zero-order valence-corrected chi connectivity index (χ0v) is 31.0. The summed E-state index contributed by atoms with van der Waals surface area (Å²) in [5.41, 5.74) is 3.57. The summed E-state index contributed by atoms with van der Waals surface area (Å²) >= 11 is 0. The largest absolute Gasteiger partial charge is 0.393 e. The van der Waals surface area contributed by atoms with E-state index in [9.17, 15) is 0 Å². The van der Waals surface area contributed by atoms with Crippen molar-refractivity contribution in [3.8, 4) is 0 Å². The van der Waals surface area contributed by atoms with Gasteiger partial charge < -0.3 is 10.1 Å².